The summed E-state index contributed by atoms with van der Waals surface area (Å²) in [5, 5.41) is 15.4. The number of para-hydroxylation sites is 1. The summed E-state index contributed by atoms with van der Waals surface area (Å²) in [5.74, 6) is 1.36. The first-order valence-corrected chi connectivity index (χ1v) is 8.58. The van der Waals surface area contributed by atoms with E-state index in [0.717, 1.165) is 15.2 Å². The Morgan fingerprint density at radius 2 is 2.12 bits per heavy atom. The number of nitrogens with one attached hydrogen (secondary N) is 2. The fourth-order valence-electron chi connectivity index (χ4n) is 2.19. The van der Waals surface area contributed by atoms with E-state index in [1.54, 1.807) is 18.3 Å². The van der Waals surface area contributed by atoms with Crippen LogP contribution in [0.15, 0.2) is 40.8 Å². The summed E-state index contributed by atoms with van der Waals surface area (Å²) in [4.78, 5) is 16.2. The molecule has 2 aromatic heterocycles. The smallest absolute Gasteiger partial charge is 0.315 e. The van der Waals surface area contributed by atoms with Crippen LogP contribution in [0.4, 0.5) is 4.79 Å². The minimum absolute atomic E-state index is 0.284. The van der Waals surface area contributed by atoms with E-state index >= 15 is 0 Å². The third-order valence-corrected chi connectivity index (χ3v) is 4.49. The van der Waals surface area contributed by atoms with Gasteiger partial charge < -0.3 is 20.2 Å². The molecule has 0 saturated heterocycles. The normalized spacial score (nSPS) is 12.2. The number of aromatic nitrogens is 1. The highest BCUT2D eigenvalue weighted by Crippen LogP contribution is 2.30. The van der Waals surface area contributed by atoms with Crippen LogP contribution >= 0.6 is 11.3 Å². The number of hydrogen-bond donors (Lipinski definition) is 3. The molecule has 0 fully saturated rings. The van der Waals surface area contributed by atoms with E-state index in [1.807, 2.05) is 36.4 Å². The van der Waals surface area contributed by atoms with E-state index in [9.17, 15) is 4.79 Å². The van der Waals surface area contributed by atoms with Gasteiger partial charge in [0.2, 0.25) is 0 Å². The average Bonchev–Trinajstić information content (AvgIpc) is 3.19. The zero-order chi connectivity index (χ0) is 16.9. The predicted molar refractivity (Wildman–Crippen MR) is 93.9 cm³/mol. The van der Waals surface area contributed by atoms with E-state index in [-0.39, 0.29) is 6.03 Å². The fraction of sp³-hybridized carbons (Fsp3) is 0.294. The highest BCUT2D eigenvalue weighted by molar-refractivity contribution is 7.21. The number of benzene rings is 1. The highest BCUT2D eigenvalue weighted by Gasteiger charge is 2.11. The molecule has 1 atom stereocenters. The summed E-state index contributed by atoms with van der Waals surface area (Å²) in [6.45, 7) is 2.41. The predicted octanol–water partition coefficient (Wildman–Crippen LogP) is 3.13. The highest BCUT2D eigenvalue weighted by atomic mass is 32.1. The molecule has 1 aromatic carbocycles. The van der Waals surface area contributed by atoms with Gasteiger partial charge in [0.15, 0.2) is 10.8 Å². The second-order valence-corrected chi connectivity index (χ2v) is 6.53. The number of fused-ring (bicyclic) bond motifs is 1. The first-order valence-electron chi connectivity index (χ1n) is 7.76. The van der Waals surface area contributed by atoms with Gasteiger partial charge in [-0.05, 0) is 37.6 Å². The average molecular weight is 345 g/mol. The molecule has 3 aromatic rings. The first kappa shape index (κ1) is 16.5. The van der Waals surface area contributed by atoms with Gasteiger partial charge >= 0.3 is 6.03 Å². The Morgan fingerprint density at radius 1 is 1.29 bits per heavy atom. The summed E-state index contributed by atoms with van der Waals surface area (Å²) >= 11 is 1.57. The molecule has 2 amide bonds. The van der Waals surface area contributed by atoms with Gasteiger partial charge in [-0.1, -0.05) is 12.1 Å². The molecule has 0 aliphatic carbocycles. The monoisotopic (exact) mass is 345 g/mol. The molecule has 3 N–H and O–H groups in total. The summed E-state index contributed by atoms with van der Waals surface area (Å²) in [7, 11) is 0. The summed E-state index contributed by atoms with van der Waals surface area (Å²) < 4.78 is 6.87. The first-order chi connectivity index (χ1) is 11.6. The topological polar surface area (TPSA) is 87.4 Å². The Bertz CT molecular complexity index is 792. The van der Waals surface area contributed by atoms with E-state index in [0.29, 0.717) is 31.0 Å². The standard InChI is InChI=1S/C17H19N3O3S/c1-11(21)8-9-18-17(22)19-10-12-6-7-14(23-12)16-20-13-4-2-3-5-15(13)24-16/h2-7,11,21H,8-10H2,1H3,(H2,18,19,22). The lowest BCUT2D eigenvalue weighted by atomic mass is 10.3. The Labute approximate surface area is 143 Å². The van der Waals surface area contributed by atoms with E-state index in [2.05, 4.69) is 15.6 Å². The third-order valence-electron chi connectivity index (χ3n) is 3.44. The van der Waals surface area contributed by atoms with Crippen molar-refractivity contribution in [3.63, 3.8) is 0 Å². The van der Waals surface area contributed by atoms with Crippen molar-refractivity contribution >= 4 is 27.6 Å². The van der Waals surface area contributed by atoms with Crippen LogP contribution in [-0.2, 0) is 6.54 Å². The number of thiazole rings is 1. The number of amides is 2. The van der Waals surface area contributed by atoms with Gasteiger partial charge in [0.25, 0.3) is 0 Å². The van der Waals surface area contributed by atoms with Crippen molar-refractivity contribution in [2.45, 2.75) is 26.0 Å². The van der Waals surface area contributed by atoms with E-state index in [1.165, 1.54) is 0 Å². The van der Waals surface area contributed by atoms with Gasteiger partial charge in [-0.25, -0.2) is 9.78 Å². The van der Waals surface area contributed by atoms with Gasteiger partial charge in [0.05, 0.1) is 22.9 Å². The van der Waals surface area contributed by atoms with Crippen molar-refractivity contribution in [2.75, 3.05) is 6.54 Å². The molecule has 0 saturated carbocycles. The minimum atomic E-state index is -0.424. The summed E-state index contributed by atoms with van der Waals surface area (Å²) in [5.41, 5.74) is 0.950. The number of hydrogen-bond acceptors (Lipinski definition) is 5. The molecule has 1 unspecified atom stereocenters. The van der Waals surface area contributed by atoms with Crippen molar-refractivity contribution in [2.24, 2.45) is 0 Å². The van der Waals surface area contributed by atoms with Crippen LogP contribution in [0.3, 0.4) is 0 Å². The molecule has 24 heavy (non-hydrogen) atoms. The number of carbonyl (C=O) groups is 1. The molecular weight excluding hydrogens is 326 g/mol. The molecule has 0 radical (unpaired) electrons. The van der Waals surface area contributed by atoms with Crippen molar-refractivity contribution in [3.8, 4) is 10.8 Å². The van der Waals surface area contributed by atoms with Crippen molar-refractivity contribution in [1.82, 2.24) is 15.6 Å². The molecule has 126 valence electrons. The van der Waals surface area contributed by atoms with Crippen LogP contribution in [0.1, 0.15) is 19.1 Å². The van der Waals surface area contributed by atoms with Crippen LogP contribution in [0.25, 0.3) is 21.0 Å². The second-order valence-electron chi connectivity index (χ2n) is 5.50. The Balaban J connectivity index is 1.56. The van der Waals surface area contributed by atoms with E-state index in [4.69, 9.17) is 9.52 Å². The number of furan rings is 1. The molecule has 6 nitrogen and oxygen atoms in total. The zero-order valence-electron chi connectivity index (χ0n) is 13.3. The molecule has 0 aliphatic heterocycles. The summed E-state index contributed by atoms with van der Waals surface area (Å²) in [6.07, 6.45) is 0.0994. The lowest BCUT2D eigenvalue weighted by Gasteiger charge is -2.07. The maximum Gasteiger partial charge on any atom is 0.315 e. The van der Waals surface area contributed by atoms with Gasteiger partial charge in [0.1, 0.15) is 5.76 Å². The molecule has 0 aliphatic rings. The fourth-order valence-corrected chi connectivity index (χ4v) is 3.12. The van der Waals surface area contributed by atoms with Crippen molar-refractivity contribution in [3.05, 3.63) is 42.2 Å². The number of rotatable bonds is 6. The SMILES string of the molecule is CC(O)CCNC(=O)NCc1ccc(-c2nc3ccccc3s2)o1. The van der Waals surface area contributed by atoms with Crippen molar-refractivity contribution < 1.29 is 14.3 Å². The minimum Gasteiger partial charge on any atom is -0.457 e. The van der Waals surface area contributed by atoms with Crippen LogP contribution in [0.5, 0.6) is 0 Å². The van der Waals surface area contributed by atoms with E-state index < -0.39 is 6.10 Å². The summed E-state index contributed by atoms with van der Waals surface area (Å²) in [6, 6.07) is 11.3. The quantitative estimate of drug-likeness (QED) is 0.640. The number of nitrogens with zero attached hydrogens (tertiary/aromatic N) is 1. The molecule has 0 spiro atoms. The van der Waals surface area contributed by atoms with Gasteiger partial charge in [0, 0.05) is 6.54 Å². The number of aliphatic hydroxyl groups is 1. The molecule has 7 heteroatoms. The Kier molecular flexibility index (Phi) is 5.12. The van der Waals surface area contributed by atoms with Gasteiger partial charge in [-0.15, -0.1) is 11.3 Å². The van der Waals surface area contributed by atoms with Crippen LogP contribution in [0.2, 0.25) is 0 Å². The molecular formula is C17H19N3O3S. The van der Waals surface area contributed by atoms with Gasteiger partial charge in [-0.3, -0.25) is 0 Å². The van der Waals surface area contributed by atoms with Crippen molar-refractivity contribution in [1.29, 1.82) is 0 Å². The molecule has 2 heterocycles. The zero-order valence-corrected chi connectivity index (χ0v) is 14.1. The number of urea groups is 1. The number of aliphatic hydroxyl groups excluding tert-OH is 1. The lowest BCUT2D eigenvalue weighted by Crippen LogP contribution is -2.36. The largest absolute Gasteiger partial charge is 0.457 e. The second kappa shape index (κ2) is 7.46. The molecule has 3 rings (SSSR count). The van der Waals surface area contributed by atoms with Gasteiger partial charge in [-0.2, -0.15) is 0 Å². The maximum absolute atomic E-state index is 11.6. The van der Waals surface area contributed by atoms with Crippen LogP contribution < -0.4 is 10.6 Å². The van der Waals surface area contributed by atoms with Crippen LogP contribution in [-0.4, -0.2) is 28.8 Å². The van der Waals surface area contributed by atoms with Crippen LogP contribution in [0, 0.1) is 0 Å². The Hall–Kier alpha value is -2.38. The molecule has 0 bridgehead atoms. The number of carbonyl (C=O) groups excluding carboxylic acids is 1. The lowest BCUT2D eigenvalue weighted by molar-refractivity contribution is 0.183. The third kappa shape index (κ3) is 4.12. The maximum atomic E-state index is 11.6. The Morgan fingerprint density at radius 3 is 2.92 bits per heavy atom.